The Morgan fingerprint density at radius 2 is 1.42 bits per heavy atom. The van der Waals surface area contributed by atoms with Gasteiger partial charge in [-0.3, -0.25) is 9.97 Å². The fourth-order valence-electron chi connectivity index (χ4n) is 3.09. The Kier molecular flexibility index (Phi) is 10.7. The fraction of sp³-hybridized carbons (Fsp3) is 0.368. The van der Waals surface area contributed by atoms with E-state index in [0.29, 0.717) is 0 Å². The summed E-state index contributed by atoms with van der Waals surface area (Å²) in [6.07, 6.45) is 7.87. The first-order valence-corrected chi connectivity index (χ1v) is 8.18. The van der Waals surface area contributed by atoms with E-state index in [9.17, 15) is 0 Å². The van der Waals surface area contributed by atoms with Crippen molar-refractivity contribution in [3.8, 4) is 0 Å². The number of fused-ring (bicyclic) bond motifs is 3. The largest absolute Gasteiger partial charge is 2.00 e. The van der Waals surface area contributed by atoms with Crippen molar-refractivity contribution in [1.29, 1.82) is 0 Å². The van der Waals surface area contributed by atoms with E-state index >= 15 is 0 Å². The Labute approximate surface area is 168 Å². The van der Waals surface area contributed by atoms with Crippen LogP contribution in [0.2, 0.25) is 0 Å². The number of hydrogen-bond donors (Lipinski definition) is 0. The van der Waals surface area contributed by atoms with Crippen LogP contribution in [0.15, 0.2) is 42.7 Å². The second-order valence-corrected chi connectivity index (χ2v) is 6.17. The van der Waals surface area contributed by atoms with Crippen LogP contribution in [0.25, 0.3) is 33.3 Å². The molecule has 144 valence electrons. The van der Waals surface area contributed by atoms with Gasteiger partial charge in [-0.15, -0.1) is 0 Å². The summed E-state index contributed by atoms with van der Waals surface area (Å²) < 4.78 is 0. The maximum atomic E-state index is 7.29. The van der Waals surface area contributed by atoms with E-state index in [-0.39, 0.29) is 44.1 Å². The maximum absolute atomic E-state index is 7.29. The summed E-state index contributed by atoms with van der Waals surface area (Å²) >= 11 is 0. The summed E-state index contributed by atoms with van der Waals surface area (Å²) in [4.78, 5) is 8.80. The quantitative estimate of drug-likeness (QED) is 0.403. The van der Waals surface area contributed by atoms with Crippen LogP contribution in [0.1, 0.15) is 31.2 Å². The molecule has 0 bridgehead atoms. The molecule has 1 aromatic carbocycles. The molecular formula is C19H26N4O2Pt. The normalized spacial score (nSPS) is 18.6. The van der Waals surface area contributed by atoms with E-state index in [2.05, 4.69) is 35.1 Å². The minimum Gasteiger partial charge on any atom is -0.676 e. The predicted molar refractivity (Wildman–Crippen MR) is 104 cm³/mol. The van der Waals surface area contributed by atoms with Crippen molar-refractivity contribution in [2.45, 2.75) is 44.7 Å². The molecule has 3 aromatic rings. The molecule has 0 aliphatic heterocycles. The van der Waals surface area contributed by atoms with E-state index < -0.39 is 0 Å². The predicted octanol–water partition coefficient (Wildman–Crippen LogP) is 3.84. The van der Waals surface area contributed by atoms with E-state index in [4.69, 9.17) is 11.5 Å². The minimum absolute atomic E-state index is 0. The van der Waals surface area contributed by atoms with Crippen LogP contribution in [0, 0.1) is 6.92 Å². The number of pyridine rings is 2. The molecule has 2 atom stereocenters. The molecule has 1 saturated carbocycles. The van der Waals surface area contributed by atoms with E-state index in [1.54, 1.807) is 0 Å². The first-order chi connectivity index (χ1) is 11.2. The van der Waals surface area contributed by atoms with Gasteiger partial charge in [0.1, 0.15) is 0 Å². The summed E-state index contributed by atoms with van der Waals surface area (Å²) in [5.41, 5.74) is 17.8. The molecule has 1 fully saturated rings. The summed E-state index contributed by atoms with van der Waals surface area (Å²) in [5.74, 6) is 0. The zero-order chi connectivity index (χ0) is 16.2. The van der Waals surface area contributed by atoms with E-state index in [1.807, 2.05) is 24.5 Å². The molecule has 0 spiro atoms. The van der Waals surface area contributed by atoms with Crippen LogP contribution in [0.5, 0.6) is 0 Å². The SMILES string of the molecule is Cc1cc2cccnc2c2ncccc12.O.O.[NH-]C1CCCC[C@@H]1[NH-].[Pt+2]. The summed E-state index contributed by atoms with van der Waals surface area (Å²) in [5, 5.41) is 2.34. The van der Waals surface area contributed by atoms with Crippen molar-refractivity contribution >= 4 is 21.8 Å². The van der Waals surface area contributed by atoms with Crippen LogP contribution in [0.4, 0.5) is 0 Å². The van der Waals surface area contributed by atoms with Gasteiger partial charge in [0, 0.05) is 23.2 Å². The summed E-state index contributed by atoms with van der Waals surface area (Å²) in [7, 11) is 0. The Hall–Kier alpha value is -1.43. The van der Waals surface area contributed by atoms with Crippen LogP contribution >= 0.6 is 0 Å². The monoisotopic (exact) mass is 537 g/mol. The van der Waals surface area contributed by atoms with Gasteiger partial charge in [0.15, 0.2) is 0 Å². The Bertz CT molecular complexity index is 806. The van der Waals surface area contributed by atoms with Gasteiger partial charge < -0.3 is 22.4 Å². The first-order valence-electron chi connectivity index (χ1n) is 8.18. The van der Waals surface area contributed by atoms with Crippen molar-refractivity contribution < 1.29 is 32.0 Å². The van der Waals surface area contributed by atoms with Crippen molar-refractivity contribution in [1.82, 2.24) is 9.97 Å². The van der Waals surface area contributed by atoms with Crippen LogP contribution in [-0.2, 0) is 21.1 Å². The zero-order valence-corrected chi connectivity index (χ0v) is 17.0. The number of aryl methyl sites for hydroxylation is 1. The van der Waals surface area contributed by atoms with Gasteiger partial charge in [-0.25, -0.2) is 0 Å². The molecular weight excluding hydrogens is 511 g/mol. The molecule has 4 rings (SSSR count). The first kappa shape index (κ1) is 24.6. The smallest absolute Gasteiger partial charge is 0.676 e. The third-order valence-electron chi connectivity index (χ3n) is 4.43. The number of rotatable bonds is 0. The molecule has 2 aromatic heterocycles. The second-order valence-electron chi connectivity index (χ2n) is 6.17. The fourth-order valence-corrected chi connectivity index (χ4v) is 3.09. The van der Waals surface area contributed by atoms with E-state index in [0.717, 1.165) is 29.3 Å². The third kappa shape index (κ3) is 5.53. The molecule has 26 heavy (non-hydrogen) atoms. The average Bonchev–Trinajstić information content (AvgIpc) is 2.59. The molecule has 2 heterocycles. The van der Waals surface area contributed by atoms with Crippen molar-refractivity contribution in [3.05, 3.63) is 59.8 Å². The van der Waals surface area contributed by atoms with Gasteiger partial charge in [0.2, 0.25) is 0 Å². The summed E-state index contributed by atoms with van der Waals surface area (Å²) in [6.45, 7) is 2.11. The van der Waals surface area contributed by atoms with Gasteiger partial charge in [-0.1, -0.05) is 37.8 Å². The van der Waals surface area contributed by atoms with Gasteiger partial charge in [0.25, 0.3) is 0 Å². The van der Waals surface area contributed by atoms with Gasteiger partial charge in [-0.2, -0.15) is 12.1 Å². The average molecular weight is 538 g/mol. The molecule has 6 nitrogen and oxygen atoms in total. The molecule has 0 radical (unpaired) electrons. The number of hydrogen-bond acceptors (Lipinski definition) is 2. The molecule has 1 aliphatic carbocycles. The maximum Gasteiger partial charge on any atom is 2.00 e. The van der Waals surface area contributed by atoms with Gasteiger partial charge in [-0.05, 0) is 30.7 Å². The molecule has 1 aliphatic rings. The van der Waals surface area contributed by atoms with Crippen LogP contribution in [0.3, 0.4) is 0 Å². The zero-order valence-electron chi connectivity index (χ0n) is 14.7. The van der Waals surface area contributed by atoms with Crippen LogP contribution < -0.4 is 0 Å². The topological polar surface area (TPSA) is 136 Å². The standard InChI is InChI=1S/C13H10N2.C6H12N2.2H2O.Pt/c1-9-8-10-4-2-6-14-12(10)13-11(9)5-3-7-15-13;7-5-3-1-2-4-6(5)8;;;/h2-8H,1H3;5-8H,1-4H2;2*1H2;/q;-2;;;+2/t;5-,6?;;;/m.0.../s1. The minimum atomic E-state index is -0.0799. The van der Waals surface area contributed by atoms with Crippen molar-refractivity contribution in [3.63, 3.8) is 0 Å². The summed E-state index contributed by atoms with van der Waals surface area (Å²) in [6, 6.07) is 10.1. The number of benzene rings is 1. The Morgan fingerprint density at radius 1 is 0.885 bits per heavy atom. The van der Waals surface area contributed by atoms with Gasteiger partial charge >= 0.3 is 21.1 Å². The van der Waals surface area contributed by atoms with Crippen molar-refractivity contribution in [2.24, 2.45) is 0 Å². The van der Waals surface area contributed by atoms with Crippen molar-refractivity contribution in [2.75, 3.05) is 0 Å². The number of nitrogens with zero attached hydrogens (tertiary/aromatic N) is 2. The molecule has 7 heteroatoms. The molecule has 1 unspecified atom stereocenters. The third-order valence-corrected chi connectivity index (χ3v) is 4.43. The molecule has 0 saturated heterocycles. The Morgan fingerprint density at radius 3 is 2.00 bits per heavy atom. The van der Waals surface area contributed by atoms with Crippen LogP contribution in [-0.4, -0.2) is 33.0 Å². The molecule has 0 amide bonds. The Balaban J connectivity index is 0.000000497. The number of aromatic nitrogens is 2. The molecule has 6 N–H and O–H groups in total. The van der Waals surface area contributed by atoms with E-state index in [1.165, 1.54) is 23.8 Å². The number of nitrogens with one attached hydrogen (secondary N) is 2. The second kappa shape index (κ2) is 11.3. The van der Waals surface area contributed by atoms with Gasteiger partial charge in [0.05, 0.1) is 11.0 Å².